The number of ether oxygens (including phenoxy) is 1. The molecule has 0 fully saturated rings. The van der Waals surface area contributed by atoms with Gasteiger partial charge in [-0.1, -0.05) is 11.6 Å². The molecule has 3 rings (SSSR count). The molecule has 1 aliphatic rings. The van der Waals surface area contributed by atoms with E-state index in [0.717, 1.165) is 23.4 Å². The van der Waals surface area contributed by atoms with Gasteiger partial charge in [0, 0.05) is 17.1 Å². The van der Waals surface area contributed by atoms with Gasteiger partial charge in [0.05, 0.1) is 18.4 Å². The van der Waals surface area contributed by atoms with Crippen molar-refractivity contribution in [2.45, 2.75) is 13.0 Å². The molecule has 6 heteroatoms. The summed E-state index contributed by atoms with van der Waals surface area (Å²) in [5.74, 6) is 1.09. The SMILES string of the molecule is COc1cc(Cl)ccc1-c1nc2c(c(=O)[nH]1)CCNC2. The van der Waals surface area contributed by atoms with Gasteiger partial charge in [0.15, 0.2) is 0 Å². The number of H-pyrrole nitrogens is 1. The molecule has 0 atom stereocenters. The van der Waals surface area contributed by atoms with E-state index >= 15 is 0 Å². The number of benzene rings is 1. The van der Waals surface area contributed by atoms with Crippen LogP contribution < -0.4 is 15.6 Å². The van der Waals surface area contributed by atoms with E-state index in [2.05, 4.69) is 15.3 Å². The summed E-state index contributed by atoms with van der Waals surface area (Å²) in [5, 5.41) is 3.79. The minimum Gasteiger partial charge on any atom is -0.496 e. The Kier molecular flexibility index (Phi) is 3.46. The van der Waals surface area contributed by atoms with Crippen molar-refractivity contribution in [2.75, 3.05) is 13.7 Å². The number of aromatic nitrogens is 2. The van der Waals surface area contributed by atoms with Gasteiger partial charge >= 0.3 is 0 Å². The summed E-state index contributed by atoms with van der Waals surface area (Å²) in [4.78, 5) is 19.5. The van der Waals surface area contributed by atoms with Gasteiger partial charge in [-0.25, -0.2) is 4.98 Å². The van der Waals surface area contributed by atoms with Crippen LogP contribution in [-0.4, -0.2) is 23.6 Å². The lowest BCUT2D eigenvalue weighted by molar-refractivity contribution is 0.416. The zero-order valence-electron chi connectivity index (χ0n) is 11.0. The highest BCUT2D eigenvalue weighted by molar-refractivity contribution is 6.30. The number of hydrogen-bond acceptors (Lipinski definition) is 4. The lowest BCUT2D eigenvalue weighted by Crippen LogP contribution is -2.31. The molecule has 104 valence electrons. The summed E-state index contributed by atoms with van der Waals surface area (Å²) in [7, 11) is 1.56. The second-order valence-electron chi connectivity index (χ2n) is 4.61. The lowest BCUT2D eigenvalue weighted by atomic mass is 10.1. The Morgan fingerprint density at radius 1 is 1.40 bits per heavy atom. The molecular weight excluding hydrogens is 278 g/mol. The number of rotatable bonds is 2. The van der Waals surface area contributed by atoms with Crippen LogP contribution in [0.15, 0.2) is 23.0 Å². The Hall–Kier alpha value is -1.85. The van der Waals surface area contributed by atoms with E-state index in [1.807, 2.05) is 0 Å². The zero-order chi connectivity index (χ0) is 14.1. The maximum absolute atomic E-state index is 12.1. The minimum absolute atomic E-state index is 0.0801. The summed E-state index contributed by atoms with van der Waals surface area (Å²) in [6.45, 7) is 1.42. The molecule has 0 radical (unpaired) electrons. The molecule has 2 aromatic rings. The van der Waals surface area contributed by atoms with Gasteiger partial charge in [0.1, 0.15) is 11.6 Å². The predicted molar refractivity (Wildman–Crippen MR) is 77.3 cm³/mol. The highest BCUT2D eigenvalue weighted by Crippen LogP contribution is 2.30. The fourth-order valence-corrected chi connectivity index (χ4v) is 2.52. The van der Waals surface area contributed by atoms with Crippen molar-refractivity contribution in [1.29, 1.82) is 0 Å². The summed E-state index contributed by atoms with van der Waals surface area (Å²) in [5.41, 5.74) is 2.21. The fraction of sp³-hybridized carbons (Fsp3) is 0.286. The van der Waals surface area contributed by atoms with Crippen LogP contribution in [0, 0.1) is 0 Å². The van der Waals surface area contributed by atoms with Gasteiger partial charge in [-0.15, -0.1) is 0 Å². The molecule has 2 heterocycles. The van der Waals surface area contributed by atoms with Crippen LogP contribution in [0.5, 0.6) is 5.75 Å². The van der Waals surface area contributed by atoms with E-state index in [-0.39, 0.29) is 5.56 Å². The average molecular weight is 292 g/mol. The van der Waals surface area contributed by atoms with Gasteiger partial charge in [0.2, 0.25) is 0 Å². The summed E-state index contributed by atoms with van der Waals surface area (Å²) in [6.07, 6.45) is 0.704. The monoisotopic (exact) mass is 291 g/mol. The van der Waals surface area contributed by atoms with Crippen LogP contribution in [0.4, 0.5) is 0 Å². The van der Waals surface area contributed by atoms with E-state index in [0.29, 0.717) is 29.6 Å². The number of halogens is 1. The van der Waals surface area contributed by atoms with E-state index < -0.39 is 0 Å². The number of methoxy groups -OCH3 is 1. The first-order valence-electron chi connectivity index (χ1n) is 6.35. The van der Waals surface area contributed by atoms with E-state index in [4.69, 9.17) is 16.3 Å². The summed E-state index contributed by atoms with van der Waals surface area (Å²) >= 11 is 5.95. The number of hydrogen-bond donors (Lipinski definition) is 2. The molecule has 0 amide bonds. The van der Waals surface area contributed by atoms with Crippen molar-refractivity contribution in [2.24, 2.45) is 0 Å². The standard InChI is InChI=1S/C14H14ClN3O2/c1-20-12-6-8(15)2-3-10(12)13-17-11-7-16-5-4-9(11)14(19)18-13/h2-3,6,16H,4-5,7H2,1H3,(H,17,18,19). The van der Waals surface area contributed by atoms with E-state index in [1.165, 1.54) is 0 Å². The molecule has 0 saturated carbocycles. The van der Waals surface area contributed by atoms with Crippen LogP contribution in [0.25, 0.3) is 11.4 Å². The minimum atomic E-state index is -0.0801. The van der Waals surface area contributed by atoms with Gasteiger partial charge in [0.25, 0.3) is 5.56 Å². The first-order valence-corrected chi connectivity index (χ1v) is 6.73. The third-order valence-corrected chi connectivity index (χ3v) is 3.60. The first kappa shape index (κ1) is 13.1. The molecule has 0 bridgehead atoms. The smallest absolute Gasteiger partial charge is 0.254 e. The van der Waals surface area contributed by atoms with Crippen LogP contribution in [0.1, 0.15) is 11.3 Å². The Bertz CT molecular complexity index is 712. The molecule has 2 N–H and O–H groups in total. The Morgan fingerprint density at radius 2 is 2.25 bits per heavy atom. The molecule has 1 aromatic carbocycles. The number of nitrogens with one attached hydrogen (secondary N) is 2. The molecule has 0 aliphatic carbocycles. The summed E-state index contributed by atoms with van der Waals surface area (Å²) < 4.78 is 5.30. The van der Waals surface area contributed by atoms with Crippen LogP contribution in [-0.2, 0) is 13.0 Å². The van der Waals surface area contributed by atoms with Crippen molar-refractivity contribution >= 4 is 11.6 Å². The third kappa shape index (κ3) is 2.30. The Labute approximate surface area is 121 Å². The van der Waals surface area contributed by atoms with Crippen LogP contribution in [0.2, 0.25) is 5.02 Å². The number of nitrogens with zero attached hydrogens (tertiary/aromatic N) is 1. The molecule has 0 unspecified atom stereocenters. The number of aromatic amines is 1. The first-order chi connectivity index (χ1) is 9.69. The normalized spacial score (nSPS) is 13.9. The quantitative estimate of drug-likeness (QED) is 0.884. The zero-order valence-corrected chi connectivity index (χ0v) is 11.8. The van der Waals surface area contributed by atoms with Crippen molar-refractivity contribution in [3.63, 3.8) is 0 Å². The second-order valence-corrected chi connectivity index (χ2v) is 5.05. The van der Waals surface area contributed by atoms with Gasteiger partial charge < -0.3 is 15.0 Å². The molecule has 1 aromatic heterocycles. The molecule has 0 spiro atoms. The molecular formula is C14H14ClN3O2. The van der Waals surface area contributed by atoms with Crippen LogP contribution >= 0.6 is 11.6 Å². The highest BCUT2D eigenvalue weighted by atomic mass is 35.5. The molecule has 20 heavy (non-hydrogen) atoms. The Balaban J connectivity index is 2.16. The largest absolute Gasteiger partial charge is 0.496 e. The molecule has 5 nitrogen and oxygen atoms in total. The highest BCUT2D eigenvalue weighted by Gasteiger charge is 2.17. The van der Waals surface area contributed by atoms with Gasteiger partial charge in [-0.3, -0.25) is 4.79 Å². The lowest BCUT2D eigenvalue weighted by Gasteiger charge is -2.16. The summed E-state index contributed by atoms with van der Waals surface area (Å²) in [6, 6.07) is 5.24. The molecule has 1 aliphatic heterocycles. The number of fused-ring (bicyclic) bond motifs is 1. The van der Waals surface area contributed by atoms with Crippen LogP contribution in [0.3, 0.4) is 0 Å². The van der Waals surface area contributed by atoms with Crippen molar-refractivity contribution in [1.82, 2.24) is 15.3 Å². The van der Waals surface area contributed by atoms with Crippen molar-refractivity contribution in [3.8, 4) is 17.1 Å². The second kappa shape index (κ2) is 5.26. The third-order valence-electron chi connectivity index (χ3n) is 3.36. The maximum atomic E-state index is 12.1. The van der Waals surface area contributed by atoms with E-state index in [9.17, 15) is 4.79 Å². The van der Waals surface area contributed by atoms with Gasteiger partial charge in [-0.2, -0.15) is 0 Å². The topological polar surface area (TPSA) is 67.0 Å². The maximum Gasteiger partial charge on any atom is 0.254 e. The van der Waals surface area contributed by atoms with E-state index in [1.54, 1.807) is 25.3 Å². The average Bonchev–Trinajstić information content (AvgIpc) is 2.47. The molecule has 0 saturated heterocycles. The predicted octanol–water partition coefficient (Wildman–Crippen LogP) is 1.74. The Morgan fingerprint density at radius 3 is 3.05 bits per heavy atom. The van der Waals surface area contributed by atoms with Crippen molar-refractivity contribution < 1.29 is 4.74 Å². The van der Waals surface area contributed by atoms with Crippen molar-refractivity contribution in [3.05, 3.63) is 44.8 Å². The van der Waals surface area contributed by atoms with Gasteiger partial charge in [-0.05, 0) is 31.2 Å². The fourth-order valence-electron chi connectivity index (χ4n) is 2.36.